The zero-order valence-electron chi connectivity index (χ0n) is 15.0. The third-order valence-corrected chi connectivity index (χ3v) is 3.70. The van der Waals surface area contributed by atoms with Crippen molar-refractivity contribution in [3.05, 3.63) is 22.5 Å². The minimum Gasteiger partial charge on any atom is -0.444 e. The summed E-state index contributed by atoms with van der Waals surface area (Å²) in [6.45, 7) is 6.46. The van der Waals surface area contributed by atoms with E-state index < -0.39 is 11.7 Å². The fourth-order valence-corrected chi connectivity index (χ4v) is 2.46. The molecule has 0 aliphatic carbocycles. The molecule has 0 spiro atoms. The molecule has 0 bridgehead atoms. The van der Waals surface area contributed by atoms with Gasteiger partial charge in [0.25, 0.3) is 5.56 Å². The predicted octanol–water partition coefficient (Wildman–Crippen LogP) is 1.30. The van der Waals surface area contributed by atoms with E-state index in [-0.39, 0.29) is 17.6 Å². The molecule has 138 valence electrons. The highest BCUT2D eigenvalue weighted by Crippen LogP contribution is 2.13. The van der Waals surface area contributed by atoms with Crippen LogP contribution in [-0.2, 0) is 11.8 Å². The molecule has 9 nitrogen and oxygen atoms in total. The van der Waals surface area contributed by atoms with Crippen molar-refractivity contribution in [3.8, 4) is 0 Å². The second-order valence-electron chi connectivity index (χ2n) is 7.02. The van der Waals surface area contributed by atoms with Crippen molar-refractivity contribution in [3.63, 3.8) is 0 Å². The monoisotopic (exact) mass is 351 g/mol. The number of anilines is 1. The average Bonchev–Trinajstić information content (AvgIpc) is 2.49. The Kier molecular flexibility index (Phi) is 5.66. The number of urea groups is 1. The van der Waals surface area contributed by atoms with Gasteiger partial charge in [0.15, 0.2) is 5.82 Å². The lowest BCUT2D eigenvalue weighted by Crippen LogP contribution is -2.48. The molecule has 1 fully saturated rings. The molecule has 1 aliphatic heterocycles. The Balaban J connectivity index is 1.81. The predicted molar refractivity (Wildman–Crippen MR) is 92.5 cm³/mol. The lowest BCUT2D eigenvalue weighted by molar-refractivity contribution is 0.0486. The molecule has 2 heterocycles. The molecule has 25 heavy (non-hydrogen) atoms. The first-order valence-corrected chi connectivity index (χ1v) is 8.24. The highest BCUT2D eigenvalue weighted by molar-refractivity contribution is 5.88. The summed E-state index contributed by atoms with van der Waals surface area (Å²) in [6.07, 6.45) is 0.852. The summed E-state index contributed by atoms with van der Waals surface area (Å²) in [5.74, 6) is 0.320. The molecule has 0 atom stereocenters. The Morgan fingerprint density at radius 3 is 2.44 bits per heavy atom. The minimum atomic E-state index is -0.534. The lowest BCUT2D eigenvalue weighted by atomic mass is 10.1. The molecule has 2 rings (SSSR count). The van der Waals surface area contributed by atoms with Crippen LogP contribution in [0.25, 0.3) is 0 Å². The number of hydrogen-bond acceptors (Lipinski definition) is 5. The Labute approximate surface area is 146 Å². The van der Waals surface area contributed by atoms with Crippen molar-refractivity contribution < 1.29 is 14.3 Å². The van der Waals surface area contributed by atoms with Crippen LogP contribution in [0.3, 0.4) is 0 Å². The molecule has 0 unspecified atom stereocenters. The third-order valence-electron chi connectivity index (χ3n) is 3.70. The van der Waals surface area contributed by atoms with Crippen LogP contribution in [0.1, 0.15) is 33.6 Å². The van der Waals surface area contributed by atoms with Crippen molar-refractivity contribution in [2.24, 2.45) is 7.05 Å². The summed E-state index contributed by atoms with van der Waals surface area (Å²) in [4.78, 5) is 37.0. The van der Waals surface area contributed by atoms with Gasteiger partial charge in [-0.3, -0.25) is 10.1 Å². The van der Waals surface area contributed by atoms with E-state index in [1.807, 2.05) is 20.8 Å². The molecule has 0 radical (unpaired) electrons. The van der Waals surface area contributed by atoms with Gasteiger partial charge in [0.2, 0.25) is 0 Å². The standard InChI is InChI=1S/C16H25N5O4/c1-16(2,3)25-15(24)17-11-7-9-21(10-8-11)14(23)18-12-5-6-13(22)20(4)19-12/h5-6,11H,7-10H2,1-4H3,(H,17,24)(H,18,19,23). The van der Waals surface area contributed by atoms with Crippen LogP contribution in [0, 0.1) is 0 Å². The topological polar surface area (TPSA) is 106 Å². The van der Waals surface area contributed by atoms with Gasteiger partial charge in [-0.2, -0.15) is 5.10 Å². The van der Waals surface area contributed by atoms with Gasteiger partial charge >= 0.3 is 12.1 Å². The average molecular weight is 351 g/mol. The SMILES string of the molecule is Cn1nc(NC(=O)N2CCC(NC(=O)OC(C)(C)C)CC2)ccc1=O. The first-order valence-electron chi connectivity index (χ1n) is 8.24. The number of piperidine rings is 1. The molecule has 1 aromatic rings. The Bertz CT molecular complexity index is 687. The molecular weight excluding hydrogens is 326 g/mol. The highest BCUT2D eigenvalue weighted by atomic mass is 16.6. The Hall–Kier alpha value is -2.58. The summed E-state index contributed by atoms with van der Waals surface area (Å²) in [5.41, 5.74) is -0.778. The maximum absolute atomic E-state index is 12.3. The molecule has 2 N–H and O–H groups in total. The number of nitrogens with one attached hydrogen (secondary N) is 2. The van der Waals surface area contributed by atoms with E-state index in [9.17, 15) is 14.4 Å². The molecule has 1 saturated heterocycles. The van der Waals surface area contributed by atoms with Crippen LogP contribution in [-0.4, -0.2) is 51.5 Å². The summed E-state index contributed by atoms with van der Waals surface area (Å²) in [6, 6.07) is 2.52. The van der Waals surface area contributed by atoms with Gasteiger partial charge in [0.05, 0.1) is 0 Å². The number of ether oxygens (including phenoxy) is 1. The molecule has 1 aromatic heterocycles. The normalized spacial score (nSPS) is 15.6. The van der Waals surface area contributed by atoms with E-state index in [1.54, 1.807) is 4.90 Å². The molecule has 1 aliphatic rings. The molecule has 0 saturated carbocycles. The van der Waals surface area contributed by atoms with Gasteiger partial charge in [-0.1, -0.05) is 0 Å². The highest BCUT2D eigenvalue weighted by Gasteiger charge is 2.26. The Morgan fingerprint density at radius 2 is 1.88 bits per heavy atom. The summed E-state index contributed by atoms with van der Waals surface area (Å²) in [7, 11) is 1.52. The van der Waals surface area contributed by atoms with Gasteiger partial charge < -0.3 is 15.0 Å². The van der Waals surface area contributed by atoms with Gasteiger partial charge in [-0.05, 0) is 39.7 Å². The summed E-state index contributed by atoms with van der Waals surface area (Å²) in [5, 5.41) is 9.47. The summed E-state index contributed by atoms with van der Waals surface area (Å²) < 4.78 is 6.39. The fourth-order valence-electron chi connectivity index (χ4n) is 2.46. The number of alkyl carbamates (subject to hydrolysis) is 1. The molecule has 9 heteroatoms. The van der Waals surface area contributed by atoms with Crippen LogP contribution < -0.4 is 16.2 Å². The number of nitrogens with zero attached hydrogens (tertiary/aromatic N) is 3. The van der Waals surface area contributed by atoms with E-state index in [2.05, 4.69) is 15.7 Å². The van der Waals surface area contributed by atoms with Gasteiger partial charge in [0, 0.05) is 32.2 Å². The zero-order valence-corrected chi connectivity index (χ0v) is 15.0. The van der Waals surface area contributed by atoms with Crippen molar-refractivity contribution in [1.29, 1.82) is 0 Å². The Morgan fingerprint density at radius 1 is 1.24 bits per heavy atom. The third kappa shape index (κ3) is 5.77. The van der Waals surface area contributed by atoms with Crippen LogP contribution in [0.5, 0.6) is 0 Å². The van der Waals surface area contributed by atoms with Crippen LogP contribution in [0.15, 0.2) is 16.9 Å². The van der Waals surface area contributed by atoms with E-state index in [1.165, 1.54) is 19.2 Å². The first kappa shape index (κ1) is 18.8. The maximum atomic E-state index is 12.3. The number of rotatable bonds is 2. The van der Waals surface area contributed by atoms with E-state index >= 15 is 0 Å². The van der Waals surface area contributed by atoms with Crippen LogP contribution >= 0.6 is 0 Å². The summed E-state index contributed by atoms with van der Waals surface area (Å²) >= 11 is 0. The van der Waals surface area contributed by atoms with Gasteiger partial charge in [-0.25, -0.2) is 14.3 Å². The van der Waals surface area contributed by atoms with E-state index in [0.717, 1.165) is 4.68 Å². The van der Waals surface area contributed by atoms with Crippen LogP contribution in [0.4, 0.5) is 15.4 Å². The number of carbonyl (C=O) groups is 2. The van der Waals surface area contributed by atoms with E-state index in [4.69, 9.17) is 4.74 Å². The second kappa shape index (κ2) is 7.54. The molecule has 0 aromatic carbocycles. The van der Waals surface area contributed by atoms with E-state index in [0.29, 0.717) is 31.7 Å². The molecular formula is C16H25N5O4. The van der Waals surface area contributed by atoms with Gasteiger partial charge in [-0.15, -0.1) is 0 Å². The zero-order chi connectivity index (χ0) is 18.6. The number of aryl methyl sites for hydroxylation is 1. The number of likely N-dealkylation sites (tertiary alicyclic amines) is 1. The smallest absolute Gasteiger partial charge is 0.407 e. The largest absolute Gasteiger partial charge is 0.444 e. The fraction of sp³-hybridized carbons (Fsp3) is 0.625. The number of hydrogen-bond donors (Lipinski definition) is 2. The van der Waals surface area contributed by atoms with Crippen molar-refractivity contribution in [2.75, 3.05) is 18.4 Å². The van der Waals surface area contributed by atoms with Gasteiger partial charge in [0.1, 0.15) is 5.60 Å². The maximum Gasteiger partial charge on any atom is 0.407 e. The van der Waals surface area contributed by atoms with Crippen LogP contribution in [0.2, 0.25) is 0 Å². The van der Waals surface area contributed by atoms with Crippen molar-refractivity contribution >= 4 is 17.9 Å². The minimum absolute atomic E-state index is 0.0189. The number of carbonyl (C=O) groups excluding carboxylic acids is 2. The number of aromatic nitrogens is 2. The second-order valence-corrected chi connectivity index (χ2v) is 7.02. The number of amides is 3. The molecule has 3 amide bonds. The lowest BCUT2D eigenvalue weighted by Gasteiger charge is -2.32. The van der Waals surface area contributed by atoms with Crippen molar-refractivity contribution in [1.82, 2.24) is 20.0 Å². The first-order chi connectivity index (χ1) is 11.6. The quantitative estimate of drug-likeness (QED) is 0.835. The van der Waals surface area contributed by atoms with Crippen molar-refractivity contribution in [2.45, 2.75) is 45.3 Å².